The molecule has 0 spiro atoms. The summed E-state index contributed by atoms with van der Waals surface area (Å²) in [6, 6.07) is 6.67. The summed E-state index contributed by atoms with van der Waals surface area (Å²) in [4.78, 5) is 4.57. The minimum Gasteiger partial charge on any atom is -0.359 e. The molecular weight excluding hydrogens is 184 g/mol. The van der Waals surface area contributed by atoms with Gasteiger partial charge in [-0.3, -0.25) is 0 Å². The van der Waals surface area contributed by atoms with Crippen molar-refractivity contribution < 1.29 is 0 Å². The van der Waals surface area contributed by atoms with Crippen LogP contribution in [0.15, 0.2) is 30.6 Å². The summed E-state index contributed by atoms with van der Waals surface area (Å²) in [7, 11) is 0. The fourth-order valence-corrected chi connectivity index (χ4v) is 1.95. The maximum absolute atomic E-state index is 2.29. The highest BCUT2D eigenvalue weighted by molar-refractivity contribution is 5.53. The zero-order valence-corrected chi connectivity index (χ0v) is 9.70. The van der Waals surface area contributed by atoms with Crippen LogP contribution in [0.4, 0.5) is 5.69 Å². The van der Waals surface area contributed by atoms with Crippen LogP contribution in [0.2, 0.25) is 0 Å². The topological polar surface area (TPSA) is 6.48 Å². The molecule has 0 atom stereocenters. The van der Waals surface area contributed by atoms with Gasteiger partial charge in [-0.25, -0.2) is 0 Å². The van der Waals surface area contributed by atoms with Crippen molar-refractivity contribution in [3.8, 4) is 0 Å². The second kappa shape index (κ2) is 3.97. The Bertz CT molecular complexity index is 362. The maximum Gasteiger partial charge on any atom is 0.0941 e. The van der Waals surface area contributed by atoms with Crippen LogP contribution < -0.4 is 4.90 Å². The van der Waals surface area contributed by atoms with E-state index in [9.17, 15) is 0 Å². The van der Waals surface area contributed by atoms with Gasteiger partial charge in [-0.05, 0) is 44.0 Å². The van der Waals surface area contributed by atoms with Gasteiger partial charge in [0.05, 0.1) is 6.67 Å². The summed E-state index contributed by atoms with van der Waals surface area (Å²) in [5.74, 6) is 0. The number of anilines is 1. The highest BCUT2D eigenvalue weighted by Gasteiger charge is 2.12. The number of rotatable bonds is 2. The molecule has 0 saturated heterocycles. The largest absolute Gasteiger partial charge is 0.359 e. The summed E-state index contributed by atoms with van der Waals surface area (Å²) in [5, 5.41) is 0. The molecule has 1 aromatic rings. The summed E-state index contributed by atoms with van der Waals surface area (Å²) in [5.41, 5.74) is 3.95. The maximum atomic E-state index is 2.29. The number of benzene rings is 1. The van der Waals surface area contributed by atoms with Crippen LogP contribution in [0.5, 0.6) is 0 Å². The quantitative estimate of drug-likeness (QED) is 0.727. The van der Waals surface area contributed by atoms with Crippen molar-refractivity contribution in [3.63, 3.8) is 0 Å². The van der Waals surface area contributed by atoms with Crippen molar-refractivity contribution in [2.24, 2.45) is 0 Å². The number of nitrogens with zero attached hydrogens (tertiary/aromatic N) is 2. The van der Waals surface area contributed by atoms with E-state index in [2.05, 4.69) is 61.2 Å². The predicted octanol–water partition coefficient (Wildman–Crippen LogP) is 2.87. The Morgan fingerprint density at radius 3 is 2.27 bits per heavy atom. The summed E-state index contributed by atoms with van der Waals surface area (Å²) < 4.78 is 0. The molecule has 0 aliphatic carbocycles. The predicted molar refractivity (Wildman–Crippen MR) is 64.8 cm³/mol. The molecule has 1 aliphatic heterocycles. The van der Waals surface area contributed by atoms with Crippen molar-refractivity contribution in [1.82, 2.24) is 4.90 Å². The molecule has 1 heterocycles. The Kier molecular flexibility index (Phi) is 2.67. The lowest BCUT2D eigenvalue weighted by atomic mass is 10.1. The van der Waals surface area contributed by atoms with E-state index in [4.69, 9.17) is 0 Å². The van der Waals surface area contributed by atoms with Crippen LogP contribution in [-0.2, 0) is 0 Å². The van der Waals surface area contributed by atoms with E-state index in [-0.39, 0.29) is 0 Å². The van der Waals surface area contributed by atoms with E-state index in [0.29, 0.717) is 0 Å². The van der Waals surface area contributed by atoms with Gasteiger partial charge in [0.1, 0.15) is 0 Å². The lowest BCUT2D eigenvalue weighted by Crippen LogP contribution is -2.24. The van der Waals surface area contributed by atoms with E-state index in [1.165, 1.54) is 16.8 Å². The van der Waals surface area contributed by atoms with E-state index in [0.717, 1.165) is 13.2 Å². The molecule has 2 heteroatoms. The molecule has 0 radical (unpaired) electrons. The third kappa shape index (κ3) is 2.14. The average molecular weight is 202 g/mol. The van der Waals surface area contributed by atoms with Crippen molar-refractivity contribution in [3.05, 3.63) is 41.7 Å². The molecule has 15 heavy (non-hydrogen) atoms. The third-order valence-corrected chi connectivity index (χ3v) is 2.74. The number of hydrogen-bond acceptors (Lipinski definition) is 2. The normalized spacial score (nSPS) is 15.1. The van der Waals surface area contributed by atoms with Gasteiger partial charge in [0.25, 0.3) is 0 Å². The minimum atomic E-state index is 0.972. The van der Waals surface area contributed by atoms with Crippen LogP contribution in [0.3, 0.4) is 0 Å². The Balaban J connectivity index is 2.21. The lowest BCUT2D eigenvalue weighted by Gasteiger charge is -2.20. The van der Waals surface area contributed by atoms with Crippen LogP contribution in [0, 0.1) is 13.8 Å². The minimum absolute atomic E-state index is 0.972. The van der Waals surface area contributed by atoms with Gasteiger partial charge in [0.15, 0.2) is 0 Å². The summed E-state index contributed by atoms with van der Waals surface area (Å²) >= 11 is 0. The first-order valence-corrected chi connectivity index (χ1v) is 5.46. The number of hydrogen-bond donors (Lipinski definition) is 0. The molecule has 80 valence electrons. The molecule has 0 fully saturated rings. The molecule has 0 N–H and O–H groups in total. The van der Waals surface area contributed by atoms with Gasteiger partial charge in [-0.1, -0.05) is 6.07 Å². The second-order valence-electron chi connectivity index (χ2n) is 4.16. The van der Waals surface area contributed by atoms with Gasteiger partial charge in [-0.2, -0.15) is 0 Å². The van der Waals surface area contributed by atoms with Crippen molar-refractivity contribution in [2.45, 2.75) is 20.8 Å². The number of aryl methyl sites for hydroxylation is 2. The molecule has 1 aliphatic rings. The first kappa shape index (κ1) is 10.1. The molecule has 0 unspecified atom stereocenters. The van der Waals surface area contributed by atoms with Gasteiger partial charge < -0.3 is 9.80 Å². The molecule has 0 aromatic heterocycles. The van der Waals surface area contributed by atoms with E-state index in [1.807, 2.05) is 0 Å². The smallest absolute Gasteiger partial charge is 0.0941 e. The third-order valence-electron chi connectivity index (χ3n) is 2.74. The average Bonchev–Trinajstić information content (AvgIpc) is 2.64. The molecule has 2 rings (SSSR count). The van der Waals surface area contributed by atoms with Gasteiger partial charge in [0, 0.05) is 24.6 Å². The standard InChI is InChI=1S/C13H18N2/c1-4-14-5-6-15(10-14)13-8-11(2)7-12(3)9-13/h5-9H,4,10H2,1-3H3. The Morgan fingerprint density at radius 1 is 1.07 bits per heavy atom. The highest BCUT2D eigenvalue weighted by atomic mass is 15.3. The van der Waals surface area contributed by atoms with Crippen molar-refractivity contribution >= 4 is 5.69 Å². The monoisotopic (exact) mass is 202 g/mol. The van der Waals surface area contributed by atoms with Gasteiger partial charge >= 0.3 is 0 Å². The van der Waals surface area contributed by atoms with Gasteiger partial charge in [0.2, 0.25) is 0 Å². The first-order chi connectivity index (χ1) is 7.19. The van der Waals surface area contributed by atoms with E-state index < -0.39 is 0 Å². The Morgan fingerprint density at radius 2 is 1.73 bits per heavy atom. The van der Waals surface area contributed by atoms with Gasteiger partial charge in [-0.15, -0.1) is 0 Å². The van der Waals surface area contributed by atoms with E-state index in [1.54, 1.807) is 0 Å². The molecular formula is C13H18N2. The van der Waals surface area contributed by atoms with E-state index >= 15 is 0 Å². The molecule has 0 bridgehead atoms. The fourth-order valence-electron chi connectivity index (χ4n) is 1.95. The summed E-state index contributed by atoms with van der Waals surface area (Å²) in [6.07, 6.45) is 4.30. The van der Waals surface area contributed by atoms with Crippen LogP contribution in [0.25, 0.3) is 0 Å². The molecule has 0 amide bonds. The first-order valence-electron chi connectivity index (χ1n) is 5.46. The van der Waals surface area contributed by atoms with Crippen molar-refractivity contribution in [2.75, 3.05) is 18.1 Å². The Labute approximate surface area is 91.8 Å². The van der Waals surface area contributed by atoms with Crippen LogP contribution >= 0.6 is 0 Å². The molecule has 0 saturated carbocycles. The second-order valence-corrected chi connectivity index (χ2v) is 4.16. The zero-order chi connectivity index (χ0) is 10.8. The SMILES string of the molecule is CCN1C=CN(c2cc(C)cc(C)c2)C1. The fraction of sp³-hybridized carbons (Fsp3) is 0.385. The lowest BCUT2D eigenvalue weighted by molar-refractivity contribution is 0.429. The van der Waals surface area contributed by atoms with Crippen molar-refractivity contribution in [1.29, 1.82) is 0 Å². The highest BCUT2D eigenvalue weighted by Crippen LogP contribution is 2.22. The van der Waals surface area contributed by atoms with Crippen LogP contribution in [0.1, 0.15) is 18.1 Å². The summed E-state index contributed by atoms with van der Waals surface area (Å²) in [6.45, 7) is 8.51. The molecule has 2 nitrogen and oxygen atoms in total. The zero-order valence-electron chi connectivity index (χ0n) is 9.70. The molecule has 1 aromatic carbocycles. The Hall–Kier alpha value is -1.44. The van der Waals surface area contributed by atoms with Crippen LogP contribution in [-0.4, -0.2) is 18.1 Å².